The van der Waals surface area contributed by atoms with Gasteiger partial charge in [-0.05, 0) is 37.3 Å². The van der Waals surface area contributed by atoms with E-state index in [1.807, 2.05) is 13.0 Å². The predicted octanol–water partition coefficient (Wildman–Crippen LogP) is 3.40. The maximum Gasteiger partial charge on any atom is 0.255 e. The minimum Gasteiger partial charge on any atom is -0.384 e. The minimum atomic E-state index is -3.60. The highest BCUT2D eigenvalue weighted by Crippen LogP contribution is 2.27. The van der Waals surface area contributed by atoms with Crippen LogP contribution in [0.25, 0.3) is 0 Å². The monoisotopic (exact) mass is 375 g/mol. The lowest BCUT2D eigenvalue weighted by molar-refractivity contribution is 0.102. The smallest absolute Gasteiger partial charge is 0.255 e. The molecule has 140 valence electrons. The lowest BCUT2D eigenvalue weighted by Gasteiger charge is -2.20. The summed E-state index contributed by atoms with van der Waals surface area (Å²) < 4.78 is 26.9. The number of amides is 1. The number of rotatable bonds is 8. The SMILES string of the molecule is CCNc1ccc(S(=O)(=O)N(CC)CC)cc1NC(=O)c1ccccc1. The Morgan fingerprint density at radius 3 is 2.19 bits per heavy atom. The lowest BCUT2D eigenvalue weighted by Crippen LogP contribution is -2.30. The van der Waals surface area contributed by atoms with Crippen molar-refractivity contribution >= 4 is 27.3 Å². The van der Waals surface area contributed by atoms with E-state index in [9.17, 15) is 13.2 Å². The zero-order valence-corrected chi connectivity index (χ0v) is 16.1. The van der Waals surface area contributed by atoms with Gasteiger partial charge in [-0.1, -0.05) is 32.0 Å². The van der Waals surface area contributed by atoms with E-state index in [4.69, 9.17) is 0 Å². The fourth-order valence-corrected chi connectivity index (χ4v) is 4.11. The van der Waals surface area contributed by atoms with Crippen LogP contribution in [0.15, 0.2) is 53.4 Å². The molecule has 0 bridgehead atoms. The van der Waals surface area contributed by atoms with Crippen molar-refractivity contribution in [1.29, 1.82) is 0 Å². The first-order chi connectivity index (χ1) is 12.4. The molecule has 0 aliphatic rings. The van der Waals surface area contributed by atoms with Gasteiger partial charge in [0.2, 0.25) is 10.0 Å². The Labute approximate surface area is 155 Å². The van der Waals surface area contributed by atoms with Crippen LogP contribution in [-0.2, 0) is 10.0 Å². The number of anilines is 2. The largest absolute Gasteiger partial charge is 0.384 e. The number of sulfonamides is 1. The summed E-state index contributed by atoms with van der Waals surface area (Å²) in [7, 11) is -3.60. The Morgan fingerprint density at radius 2 is 1.62 bits per heavy atom. The Bertz CT molecular complexity index is 848. The number of carbonyl (C=O) groups excluding carboxylic acids is 1. The molecule has 0 fully saturated rings. The summed E-state index contributed by atoms with van der Waals surface area (Å²) in [6.07, 6.45) is 0. The summed E-state index contributed by atoms with van der Waals surface area (Å²) in [6.45, 7) is 6.96. The third-order valence-corrected chi connectivity index (χ3v) is 6.03. The molecule has 0 unspecified atom stereocenters. The number of nitrogens with one attached hydrogen (secondary N) is 2. The highest BCUT2D eigenvalue weighted by Gasteiger charge is 2.23. The van der Waals surface area contributed by atoms with Crippen LogP contribution in [0.5, 0.6) is 0 Å². The van der Waals surface area contributed by atoms with E-state index < -0.39 is 10.0 Å². The second-order valence-electron chi connectivity index (χ2n) is 5.65. The molecule has 0 aromatic heterocycles. The summed E-state index contributed by atoms with van der Waals surface area (Å²) in [4.78, 5) is 12.6. The van der Waals surface area contributed by atoms with E-state index in [-0.39, 0.29) is 10.8 Å². The van der Waals surface area contributed by atoms with Gasteiger partial charge in [0.25, 0.3) is 5.91 Å². The van der Waals surface area contributed by atoms with E-state index in [0.717, 1.165) is 0 Å². The third-order valence-electron chi connectivity index (χ3n) is 3.99. The van der Waals surface area contributed by atoms with Crippen LogP contribution in [0, 0.1) is 0 Å². The van der Waals surface area contributed by atoms with Crippen LogP contribution in [0.1, 0.15) is 31.1 Å². The van der Waals surface area contributed by atoms with Crippen LogP contribution in [0.2, 0.25) is 0 Å². The van der Waals surface area contributed by atoms with Crippen LogP contribution < -0.4 is 10.6 Å². The van der Waals surface area contributed by atoms with Crippen LogP contribution >= 0.6 is 0 Å². The number of carbonyl (C=O) groups is 1. The van der Waals surface area contributed by atoms with Crippen molar-refractivity contribution in [3.63, 3.8) is 0 Å². The molecular formula is C19H25N3O3S. The summed E-state index contributed by atoms with van der Waals surface area (Å²) in [6, 6.07) is 13.6. The Kier molecular flexibility index (Phi) is 6.76. The number of hydrogen-bond donors (Lipinski definition) is 2. The second-order valence-corrected chi connectivity index (χ2v) is 7.59. The summed E-state index contributed by atoms with van der Waals surface area (Å²) in [5.41, 5.74) is 1.62. The van der Waals surface area contributed by atoms with Gasteiger partial charge in [0.1, 0.15) is 0 Å². The zero-order chi connectivity index (χ0) is 19.2. The standard InChI is InChI=1S/C19H25N3O3S/c1-4-20-17-13-12-16(26(24,25)22(5-2)6-3)14-18(17)21-19(23)15-10-8-7-9-11-15/h7-14,20H,4-6H2,1-3H3,(H,21,23). The molecule has 2 rings (SSSR count). The van der Waals surface area contributed by atoms with E-state index in [1.54, 1.807) is 50.2 Å². The molecular weight excluding hydrogens is 350 g/mol. The first-order valence-electron chi connectivity index (χ1n) is 8.68. The van der Waals surface area contributed by atoms with Gasteiger partial charge >= 0.3 is 0 Å². The molecule has 0 saturated carbocycles. The van der Waals surface area contributed by atoms with Gasteiger partial charge in [-0.25, -0.2) is 8.42 Å². The Hall–Kier alpha value is -2.38. The maximum absolute atomic E-state index is 12.8. The predicted molar refractivity (Wildman–Crippen MR) is 105 cm³/mol. The van der Waals surface area contributed by atoms with E-state index in [2.05, 4.69) is 10.6 Å². The highest BCUT2D eigenvalue weighted by atomic mass is 32.2. The molecule has 2 aromatic rings. The molecule has 0 aliphatic heterocycles. The number of benzene rings is 2. The van der Waals surface area contributed by atoms with Gasteiger partial charge in [-0.2, -0.15) is 4.31 Å². The number of nitrogens with zero attached hydrogens (tertiary/aromatic N) is 1. The molecule has 0 radical (unpaired) electrons. The average molecular weight is 375 g/mol. The van der Waals surface area contributed by atoms with Gasteiger partial charge in [0, 0.05) is 25.2 Å². The van der Waals surface area contributed by atoms with E-state index in [0.29, 0.717) is 36.6 Å². The first-order valence-corrected chi connectivity index (χ1v) is 10.1. The normalized spacial score (nSPS) is 11.4. The molecule has 6 nitrogen and oxygen atoms in total. The van der Waals surface area contributed by atoms with Gasteiger partial charge < -0.3 is 10.6 Å². The molecule has 0 aliphatic carbocycles. The Balaban J connectivity index is 2.41. The molecule has 7 heteroatoms. The molecule has 0 atom stereocenters. The van der Waals surface area contributed by atoms with Gasteiger partial charge in [-0.3, -0.25) is 4.79 Å². The van der Waals surface area contributed by atoms with Crippen LogP contribution in [0.3, 0.4) is 0 Å². The van der Waals surface area contributed by atoms with E-state index in [1.165, 1.54) is 10.4 Å². The molecule has 2 aromatic carbocycles. The van der Waals surface area contributed by atoms with Crippen molar-refractivity contribution in [2.45, 2.75) is 25.7 Å². The topological polar surface area (TPSA) is 78.5 Å². The quantitative estimate of drug-likeness (QED) is 0.741. The van der Waals surface area contributed by atoms with Crippen molar-refractivity contribution < 1.29 is 13.2 Å². The molecule has 0 spiro atoms. The summed E-state index contributed by atoms with van der Waals surface area (Å²) >= 11 is 0. The fourth-order valence-electron chi connectivity index (χ4n) is 2.63. The molecule has 1 amide bonds. The third kappa shape index (κ3) is 4.42. The van der Waals surface area contributed by atoms with Crippen molar-refractivity contribution in [3.05, 3.63) is 54.1 Å². The average Bonchev–Trinajstić information content (AvgIpc) is 2.64. The summed E-state index contributed by atoms with van der Waals surface area (Å²) in [5.74, 6) is -0.290. The van der Waals surface area contributed by atoms with Crippen molar-refractivity contribution in [1.82, 2.24) is 4.31 Å². The minimum absolute atomic E-state index is 0.159. The Morgan fingerprint density at radius 1 is 0.962 bits per heavy atom. The second kappa shape index (κ2) is 8.82. The highest BCUT2D eigenvalue weighted by molar-refractivity contribution is 7.89. The van der Waals surface area contributed by atoms with Crippen LogP contribution in [-0.4, -0.2) is 38.3 Å². The molecule has 2 N–H and O–H groups in total. The van der Waals surface area contributed by atoms with Crippen molar-refractivity contribution in [2.24, 2.45) is 0 Å². The fraction of sp³-hybridized carbons (Fsp3) is 0.316. The van der Waals surface area contributed by atoms with Crippen LogP contribution in [0.4, 0.5) is 11.4 Å². The zero-order valence-electron chi connectivity index (χ0n) is 15.3. The number of hydrogen-bond acceptors (Lipinski definition) is 4. The first kappa shape index (κ1) is 19.9. The maximum atomic E-state index is 12.8. The van der Waals surface area contributed by atoms with Gasteiger partial charge in [0.05, 0.1) is 16.3 Å². The molecule has 26 heavy (non-hydrogen) atoms. The van der Waals surface area contributed by atoms with Crippen molar-refractivity contribution in [2.75, 3.05) is 30.3 Å². The summed E-state index contributed by atoms with van der Waals surface area (Å²) in [5, 5.41) is 5.96. The van der Waals surface area contributed by atoms with E-state index >= 15 is 0 Å². The molecule has 0 heterocycles. The lowest BCUT2D eigenvalue weighted by atomic mass is 10.2. The molecule has 0 saturated heterocycles. The van der Waals surface area contributed by atoms with Gasteiger partial charge in [-0.15, -0.1) is 0 Å². The van der Waals surface area contributed by atoms with Gasteiger partial charge in [0.15, 0.2) is 0 Å². The van der Waals surface area contributed by atoms with Crippen molar-refractivity contribution in [3.8, 4) is 0 Å².